The number of rotatable bonds is 9. The Labute approximate surface area is 200 Å². The van der Waals surface area contributed by atoms with Crippen LogP contribution in [0.3, 0.4) is 0 Å². The van der Waals surface area contributed by atoms with E-state index in [0.29, 0.717) is 46.5 Å². The minimum absolute atomic E-state index is 0.0918. The molecule has 0 aliphatic rings. The fourth-order valence-electron chi connectivity index (χ4n) is 3.42. The number of carbonyl (C=O) groups excluding carboxylic acids is 1. The van der Waals surface area contributed by atoms with Gasteiger partial charge in [0, 0.05) is 18.1 Å². The first-order chi connectivity index (χ1) is 16.0. The number of benzene rings is 2. The number of amides is 1. The molecule has 0 bridgehead atoms. The van der Waals surface area contributed by atoms with Gasteiger partial charge in [0.05, 0.1) is 29.5 Å². The van der Waals surface area contributed by atoms with Crippen molar-refractivity contribution in [3.63, 3.8) is 0 Å². The third kappa shape index (κ3) is 5.56. The summed E-state index contributed by atoms with van der Waals surface area (Å²) >= 11 is 7.32. The number of thioether (sulfide) groups is 1. The highest BCUT2D eigenvalue weighted by molar-refractivity contribution is 7.99. The number of nitrogens with zero attached hydrogens (tertiary/aromatic N) is 3. The van der Waals surface area contributed by atoms with Gasteiger partial charge in [0.1, 0.15) is 5.76 Å². The molecule has 4 aromatic rings. The number of aromatic nitrogens is 2. The van der Waals surface area contributed by atoms with Gasteiger partial charge in [-0.1, -0.05) is 59.8 Å². The molecule has 168 valence electrons. The summed E-state index contributed by atoms with van der Waals surface area (Å²) in [6, 6.07) is 18.4. The lowest BCUT2D eigenvalue weighted by molar-refractivity contribution is -0.129. The molecule has 1 amide bonds. The molecule has 0 spiro atoms. The first-order valence-electron chi connectivity index (χ1n) is 10.3. The Morgan fingerprint density at radius 2 is 1.97 bits per heavy atom. The van der Waals surface area contributed by atoms with E-state index in [-0.39, 0.29) is 17.2 Å². The van der Waals surface area contributed by atoms with E-state index >= 15 is 0 Å². The van der Waals surface area contributed by atoms with Crippen molar-refractivity contribution in [1.29, 1.82) is 0 Å². The van der Waals surface area contributed by atoms with Crippen molar-refractivity contribution in [2.45, 2.75) is 24.8 Å². The van der Waals surface area contributed by atoms with Gasteiger partial charge in [0.2, 0.25) is 5.91 Å². The van der Waals surface area contributed by atoms with Crippen LogP contribution in [-0.2, 0) is 24.4 Å². The second kappa shape index (κ2) is 10.6. The van der Waals surface area contributed by atoms with E-state index in [4.69, 9.17) is 16.0 Å². The molecule has 0 aliphatic carbocycles. The van der Waals surface area contributed by atoms with Crippen LogP contribution in [0.25, 0.3) is 10.9 Å². The largest absolute Gasteiger partial charge is 0.467 e. The number of fused-ring (bicyclic) bond motifs is 1. The van der Waals surface area contributed by atoms with E-state index in [1.165, 1.54) is 16.3 Å². The average Bonchev–Trinajstić information content (AvgIpc) is 3.33. The Balaban J connectivity index is 1.59. The molecular formula is C25H22ClN3O3S. The lowest BCUT2D eigenvalue weighted by Crippen LogP contribution is -2.32. The molecule has 6 nitrogen and oxygen atoms in total. The van der Waals surface area contributed by atoms with Crippen LogP contribution in [0.15, 0.2) is 93.9 Å². The summed E-state index contributed by atoms with van der Waals surface area (Å²) in [6.45, 7) is 4.83. The van der Waals surface area contributed by atoms with Crippen LogP contribution in [0.5, 0.6) is 0 Å². The topological polar surface area (TPSA) is 68.3 Å². The zero-order valence-corrected chi connectivity index (χ0v) is 19.4. The van der Waals surface area contributed by atoms with Crippen LogP contribution in [0.1, 0.15) is 11.3 Å². The highest BCUT2D eigenvalue weighted by Crippen LogP contribution is 2.22. The van der Waals surface area contributed by atoms with Crippen molar-refractivity contribution in [2.24, 2.45) is 0 Å². The normalized spacial score (nSPS) is 10.9. The third-order valence-corrected chi connectivity index (χ3v) is 6.21. The van der Waals surface area contributed by atoms with E-state index < -0.39 is 0 Å². The van der Waals surface area contributed by atoms with Crippen molar-refractivity contribution in [3.05, 3.63) is 106 Å². The van der Waals surface area contributed by atoms with Crippen molar-refractivity contribution in [3.8, 4) is 0 Å². The molecule has 0 aliphatic heterocycles. The Morgan fingerprint density at radius 1 is 1.15 bits per heavy atom. The van der Waals surface area contributed by atoms with E-state index in [9.17, 15) is 9.59 Å². The van der Waals surface area contributed by atoms with Gasteiger partial charge >= 0.3 is 0 Å². The van der Waals surface area contributed by atoms with Gasteiger partial charge in [-0.05, 0) is 35.9 Å². The Hall–Kier alpha value is -3.29. The lowest BCUT2D eigenvalue weighted by Gasteiger charge is -2.22. The molecule has 0 radical (unpaired) electrons. The van der Waals surface area contributed by atoms with Gasteiger partial charge in [-0.2, -0.15) is 0 Å². The maximum Gasteiger partial charge on any atom is 0.262 e. The molecule has 0 saturated carbocycles. The van der Waals surface area contributed by atoms with E-state index in [2.05, 4.69) is 11.6 Å². The second-order valence-corrected chi connectivity index (χ2v) is 8.74. The lowest BCUT2D eigenvalue weighted by atomic mass is 10.2. The summed E-state index contributed by atoms with van der Waals surface area (Å²) in [5, 5.41) is 1.41. The summed E-state index contributed by atoms with van der Waals surface area (Å²) in [6.07, 6.45) is 3.22. The average molecular weight is 480 g/mol. The number of furan rings is 1. The quantitative estimate of drug-likeness (QED) is 0.189. The molecule has 0 N–H and O–H groups in total. The molecule has 4 rings (SSSR count). The van der Waals surface area contributed by atoms with Crippen molar-refractivity contribution in [2.75, 3.05) is 5.75 Å². The number of carbonyl (C=O) groups is 1. The molecular weight excluding hydrogens is 458 g/mol. The van der Waals surface area contributed by atoms with Crippen LogP contribution in [-0.4, -0.2) is 26.1 Å². The standard InChI is InChI=1S/C25H22ClN3O3S/c1-2-12-29-24(31)21-11-10-19(26)14-22(21)27-25(29)33-17-23(30)28(16-20-9-6-13-32-20)15-18-7-4-3-5-8-18/h2-11,13-14H,1,12,15-17H2. The minimum atomic E-state index is -0.191. The number of hydrogen-bond donors (Lipinski definition) is 0. The number of hydrogen-bond acceptors (Lipinski definition) is 5. The smallest absolute Gasteiger partial charge is 0.262 e. The zero-order chi connectivity index (χ0) is 23.2. The molecule has 2 aromatic heterocycles. The molecule has 2 heterocycles. The van der Waals surface area contributed by atoms with Gasteiger partial charge in [0.25, 0.3) is 5.56 Å². The molecule has 0 saturated heterocycles. The molecule has 8 heteroatoms. The maximum absolute atomic E-state index is 13.2. The first-order valence-corrected chi connectivity index (χ1v) is 11.7. The van der Waals surface area contributed by atoms with Crippen molar-refractivity contribution in [1.82, 2.24) is 14.5 Å². The minimum Gasteiger partial charge on any atom is -0.467 e. The summed E-state index contributed by atoms with van der Waals surface area (Å²) < 4.78 is 6.98. The summed E-state index contributed by atoms with van der Waals surface area (Å²) in [4.78, 5) is 32.6. The highest BCUT2D eigenvalue weighted by Gasteiger charge is 2.19. The fraction of sp³-hybridized carbons (Fsp3) is 0.160. The fourth-order valence-corrected chi connectivity index (χ4v) is 4.50. The van der Waals surface area contributed by atoms with Crippen LogP contribution >= 0.6 is 23.4 Å². The van der Waals surface area contributed by atoms with Crippen molar-refractivity contribution >= 4 is 40.2 Å². The van der Waals surface area contributed by atoms with Gasteiger partial charge in [-0.3, -0.25) is 14.2 Å². The van der Waals surface area contributed by atoms with Crippen LogP contribution in [0, 0.1) is 0 Å². The summed E-state index contributed by atoms with van der Waals surface area (Å²) in [5.74, 6) is 0.723. The second-order valence-electron chi connectivity index (χ2n) is 7.36. The predicted molar refractivity (Wildman–Crippen MR) is 131 cm³/mol. The van der Waals surface area contributed by atoms with Crippen LogP contribution < -0.4 is 5.56 Å². The molecule has 33 heavy (non-hydrogen) atoms. The molecule has 0 fully saturated rings. The number of allylic oxidation sites excluding steroid dienone is 1. The van der Waals surface area contributed by atoms with Gasteiger partial charge < -0.3 is 9.32 Å². The number of halogens is 1. The predicted octanol–water partition coefficient (Wildman–Crippen LogP) is 5.15. The van der Waals surface area contributed by atoms with E-state index in [0.717, 1.165) is 5.56 Å². The van der Waals surface area contributed by atoms with Gasteiger partial charge in [-0.15, -0.1) is 6.58 Å². The first kappa shape index (κ1) is 22.9. The molecule has 2 aromatic carbocycles. The van der Waals surface area contributed by atoms with E-state index in [1.807, 2.05) is 36.4 Å². The van der Waals surface area contributed by atoms with Crippen LogP contribution in [0.4, 0.5) is 0 Å². The SMILES string of the molecule is C=CCn1c(SCC(=O)N(Cc2ccccc2)Cc2ccco2)nc2cc(Cl)ccc2c1=O. The Morgan fingerprint density at radius 3 is 2.70 bits per heavy atom. The monoisotopic (exact) mass is 479 g/mol. The maximum atomic E-state index is 13.2. The third-order valence-electron chi connectivity index (χ3n) is 5.01. The van der Waals surface area contributed by atoms with Gasteiger partial charge in [-0.25, -0.2) is 4.98 Å². The Bertz CT molecular complexity index is 1320. The zero-order valence-electron chi connectivity index (χ0n) is 17.8. The summed E-state index contributed by atoms with van der Waals surface area (Å²) in [5.41, 5.74) is 1.33. The van der Waals surface area contributed by atoms with Crippen molar-refractivity contribution < 1.29 is 9.21 Å². The molecule has 0 atom stereocenters. The van der Waals surface area contributed by atoms with Gasteiger partial charge in [0.15, 0.2) is 5.16 Å². The van der Waals surface area contributed by atoms with E-state index in [1.54, 1.807) is 41.5 Å². The Kier molecular flexibility index (Phi) is 7.32. The summed E-state index contributed by atoms with van der Waals surface area (Å²) in [7, 11) is 0. The highest BCUT2D eigenvalue weighted by atomic mass is 35.5. The molecule has 0 unspecified atom stereocenters. The van der Waals surface area contributed by atoms with Crippen LogP contribution in [0.2, 0.25) is 5.02 Å².